The fraction of sp³-hybridized carbons (Fsp3) is 0.625. The second kappa shape index (κ2) is 5.83. The zero-order valence-electron chi connectivity index (χ0n) is 12.8. The molecule has 0 amide bonds. The van der Waals surface area contributed by atoms with E-state index in [2.05, 4.69) is 16.7 Å². The minimum absolute atomic E-state index is 0.336. The highest BCUT2D eigenvalue weighted by Crippen LogP contribution is 2.35. The largest absolute Gasteiger partial charge is 0.486 e. The van der Waals surface area contributed by atoms with Gasteiger partial charge in [0.1, 0.15) is 24.2 Å². The lowest BCUT2D eigenvalue weighted by Crippen LogP contribution is -2.47. The van der Waals surface area contributed by atoms with Crippen LogP contribution in [0.25, 0.3) is 0 Å². The first kappa shape index (κ1) is 14.5. The van der Waals surface area contributed by atoms with E-state index in [0.29, 0.717) is 37.1 Å². The first-order chi connectivity index (χ1) is 10.7. The number of rotatable bonds is 3. The molecule has 2 bridgehead atoms. The maximum absolute atomic E-state index is 12.6. The summed E-state index contributed by atoms with van der Waals surface area (Å²) in [5.41, 5.74) is 0. The molecule has 3 unspecified atom stereocenters. The van der Waals surface area contributed by atoms with E-state index >= 15 is 0 Å². The van der Waals surface area contributed by atoms with Crippen molar-refractivity contribution < 1.29 is 13.7 Å². The average Bonchev–Trinajstić information content (AvgIpc) is 2.75. The van der Waals surface area contributed by atoms with Crippen LogP contribution < -0.4 is 14.2 Å². The molecule has 3 atom stereocenters. The van der Waals surface area contributed by atoms with Crippen LogP contribution in [0.4, 0.5) is 0 Å². The molecule has 22 heavy (non-hydrogen) atoms. The first-order valence-electron chi connectivity index (χ1n) is 8.00. The van der Waals surface area contributed by atoms with Crippen molar-refractivity contribution in [3.05, 3.63) is 18.2 Å². The van der Waals surface area contributed by atoms with Gasteiger partial charge >= 0.3 is 0 Å². The Morgan fingerprint density at radius 1 is 1.14 bits per heavy atom. The van der Waals surface area contributed by atoms with Crippen LogP contribution in [-0.2, 0) is 11.0 Å². The van der Waals surface area contributed by atoms with Gasteiger partial charge in [-0.25, -0.2) is 8.93 Å². The van der Waals surface area contributed by atoms with Gasteiger partial charge in [-0.3, -0.25) is 0 Å². The van der Waals surface area contributed by atoms with Crippen LogP contribution in [0.5, 0.6) is 11.5 Å². The van der Waals surface area contributed by atoms with E-state index in [1.165, 1.54) is 12.8 Å². The van der Waals surface area contributed by atoms with Crippen LogP contribution in [0, 0.1) is 0 Å². The minimum Gasteiger partial charge on any atom is -0.486 e. The highest BCUT2D eigenvalue weighted by atomic mass is 32.2. The molecule has 1 N–H and O–H groups in total. The van der Waals surface area contributed by atoms with Crippen LogP contribution in [0.3, 0.4) is 0 Å². The second-order valence-corrected chi connectivity index (χ2v) is 7.66. The van der Waals surface area contributed by atoms with Gasteiger partial charge in [-0.05, 0) is 44.9 Å². The van der Waals surface area contributed by atoms with Crippen molar-refractivity contribution in [2.75, 3.05) is 20.3 Å². The average molecular weight is 322 g/mol. The van der Waals surface area contributed by atoms with Gasteiger partial charge in [0.2, 0.25) is 0 Å². The van der Waals surface area contributed by atoms with Gasteiger partial charge in [-0.2, -0.15) is 0 Å². The van der Waals surface area contributed by atoms with Crippen molar-refractivity contribution >= 4 is 11.0 Å². The summed E-state index contributed by atoms with van der Waals surface area (Å²) in [6.45, 7) is 1.13. The molecule has 0 spiro atoms. The predicted molar refractivity (Wildman–Crippen MR) is 84.6 cm³/mol. The molecule has 5 nitrogen and oxygen atoms in total. The molecule has 6 heteroatoms. The summed E-state index contributed by atoms with van der Waals surface area (Å²) in [7, 11) is 1.02. The Bertz CT molecular complexity index is 581. The summed E-state index contributed by atoms with van der Waals surface area (Å²) in [6, 6.07) is 7.17. The van der Waals surface area contributed by atoms with Gasteiger partial charge in [0.15, 0.2) is 11.5 Å². The smallest absolute Gasteiger partial charge is 0.162 e. The standard InChI is InChI=1S/C16H22N2O3S/c1-18-12-2-3-13(18)9-11(8-12)17-22(19)14-4-5-15-16(10-14)21-7-6-20-15/h4-5,10-13,17H,2-3,6-9H2,1H3. The van der Waals surface area contributed by atoms with Crippen LogP contribution in [0.15, 0.2) is 23.1 Å². The number of hydrogen-bond acceptors (Lipinski definition) is 4. The third kappa shape index (κ3) is 2.64. The SMILES string of the molecule is CN1C2CCC1CC(NS(=O)c1ccc3c(c1)OCCO3)C2. The van der Waals surface area contributed by atoms with Crippen LogP contribution >= 0.6 is 0 Å². The minimum atomic E-state index is -1.20. The van der Waals surface area contributed by atoms with Crippen LogP contribution in [0.1, 0.15) is 25.7 Å². The van der Waals surface area contributed by atoms with Gasteiger partial charge in [0, 0.05) is 24.2 Å². The number of benzene rings is 1. The summed E-state index contributed by atoms with van der Waals surface area (Å²) >= 11 is 0. The quantitative estimate of drug-likeness (QED) is 0.920. The Labute approximate surface area is 133 Å². The number of nitrogens with one attached hydrogen (secondary N) is 1. The monoisotopic (exact) mass is 322 g/mol. The molecule has 0 radical (unpaired) electrons. The maximum Gasteiger partial charge on any atom is 0.162 e. The third-order valence-corrected chi connectivity index (χ3v) is 6.33. The Hall–Kier alpha value is -1.11. The van der Waals surface area contributed by atoms with Crippen LogP contribution in [-0.4, -0.2) is 47.5 Å². The Balaban J connectivity index is 1.44. The normalized spacial score (nSPS) is 32.0. The maximum atomic E-state index is 12.6. The fourth-order valence-electron chi connectivity index (χ4n) is 3.87. The van der Waals surface area contributed by atoms with E-state index in [-0.39, 0.29) is 0 Å². The topological polar surface area (TPSA) is 50.8 Å². The molecule has 3 heterocycles. The molecule has 2 saturated heterocycles. The molecule has 3 aliphatic heterocycles. The zero-order chi connectivity index (χ0) is 15.1. The van der Waals surface area contributed by atoms with Gasteiger partial charge in [-0.15, -0.1) is 0 Å². The summed E-state index contributed by atoms with van der Waals surface area (Å²) in [5.74, 6) is 1.44. The molecular formula is C16H22N2O3S. The van der Waals surface area contributed by atoms with Crippen molar-refractivity contribution in [2.45, 2.75) is 48.7 Å². The lowest BCUT2D eigenvalue weighted by molar-refractivity contribution is 0.158. The summed E-state index contributed by atoms with van der Waals surface area (Å²) in [6.07, 6.45) is 4.72. The lowest BCUT2D eigenvalue weighted by Gasteiger charge is -2.36. The highest BCUT2D eigenvalue weighted by Gasteiger charge is 2.38. The number of fused-ring (bicyclic) bond motifs is 3. The number of ether oxygens (including phenoxy) is 2. The first-order valence-corrected chi connectivity index (χ1v) is 9.15. The molecule has 2 fully saturated rings. The number of hydrogen-bond donors (Lipinski definition) is 1. The van der Waals surface area contributed by atoms with Gasteiger partial charge in [0.25, 0.3) is 0 Å². The van der Waals surface area contributed by atoms with Crippen LogP contribution in [0.2, 0.25) is 0 Å². The van der Waals surface area contributed by atoms with E-state index < -0.39 is 11.0 Å². The van der Waals surface area contributed by atoms with Crippen molar-refractivity contribution in [3.8, 4) is 11.5 Å². The predicted octanol–water partition coefficient (Wildman–Crippen LogP) is 1.70. The van der Waals surface area contributed by atoms with Crippen molar-refractivity contribution in [2.24, 2.45) is 0 Å². The van der Waals surface area contributed by atoms with Gasteiger partial charge in [-0.1, -0.05) is 0 Å². The Morgan fingerprint density at radius 3 is 2.55 bits per heavy atom. The van der Waals surface area contributed by atoms with E-state index in [1.54, 1.807) is 0 Å². The third-order valence-electron chi connectivity index (χ3n) is 5.10. The molecule has 1 aromatic rings. The molecule has 0 aliphatic carbocycles. The highest BCUT2D eigenvalue weighted by molar-refractivity contribution is 7.83. The lowest BCUT2D eigenvalue weighted by atomic mass is 9.99. The fourth-order valence-corrected chi connectivity index (χ4v) is 4.90. The summed E-state index contributed by atoms with van der Waals surface area (Å²) in [4.78, 5) is 3.25. The summed E-state index contributed by atoms with van der Waals surface area (Å²) in [5, 5.41) is 0. The van der Waals surface area contributed by atoms with E-state index in [1.807, 2.05) is 18.2 Å². The van der Waals surface area contributed by atoms with Crippen molar-refractivity contribution in [1.82, 2.24) is 9.62 Å². The molecule has 120 valence electrons. The Kier molecular flexibility index (Phi) is 3.84. The van der Waals surface area contributed by atoms with Crippen molar-refractivity contribution in [1.29, 1.82) is 0 Å². The molecule has 3 aliphatic rings. The summed E-state index contributed by atoms with van der Waals surface area (Å²) < 4.78 is 27.0. The molecule has 4 rings (SSSR count). The van der Waals surface area contributed by atoms with E-state index in [0.717, 1.165) is 23.5 Å². The molecule has 0 saturated carbocycles. The molecule has 0 aromatic heterocycles. The molecular weight excluding hydrogens is 300 g/mol. The van der Waals surface area contributed by atoms with Gasteiger partial charge in [0.05, 0.1) is 4.90 Å². The zero-order valence-corrected chi connectivity index (χ0v) is 13.6. The van der Waals surface area contributed by atoms with E-state index in [4.69, 9.17) is 9.47 Å². The molecule has 1 aromatic carbocycles. The second-order valence-electron chi connectivity index (χ2n) is 6.41. The Morgan fingerprint density at radius 2 is 1.82 bits per heavy atom. The van der Waals surface area contributed by atoms with Crippen molar-refractivity contribution in [3.63, 3.8) is 0 Å². The van der Waals surface area contributed by atoms with E-state index in [9.17, 15) is 4.21 Å². The number of piperidine rings is 1. The number of nitrogens with zero attached hydrogens (tertiary/aromatic N) is 1. The van der Waals surface area contributed by atoms with Gasteiger partial charge < -0.3 is 14.4 Å².